The summed E-state index contributed by atoms with van der Waals surface area (Å²) in [6.07, 6.45) is 3.36. The number of amides is 1. The van der Waals surface area contributed by atoms with Crippen molar-refractivity contribution in [3.8, 4) is 0 Å². The maximum Gasteiger partial charge on any atom is 0.229 e. The zero-order valence-electron chi connectivity index (χ0n) is 11.9. The van der Waals surface area contributed by atoms with E-state index in [-0.39, 0.29) is 42.6 Å². The average Bonchev–Trinajstić information content (AvgIpc) is 2.99. The predicted molar refractivity (Wildman–Crippen MR) is 92.9 cm³/mol. The summed E-state index contributed by atoms with van der Waals surface area (Å²) in [5.74, 6) is 0.238. The van der Waals surface area contributed by atoms with Gasteiger partial charge in [-0.25, -0.2) is 0 Å². The van der Waals surface area contributed by atoms with Crippen LogP contribution in [0.3, 0.4) is 0 Å². The standard InChI is InChI=1S/C16H17N3O.2ClH/c20-16(19-13-7-4-8-17-9-13)15-11-18-10-14(15)12-5-2-1-3-6-12;;/h1-9,14-15,18H,10-11H2,(H,19,20);2*1H/t14-,15+;;/m1../s1. The molecule has 1 aromatic carbocycles. The zero-order valence-corrected chi connectivity index (χ0v) is 13.6. The topological polar surface area (TPSA) is 54.0 Å². The van der Waals surface area contributed by atoms with Gasteiger partial charge >= 0.3 is 0 Å². The molecule has 0 saturated carbocycles. The predicted octanol–water partition coefficient (Wildman–Crippen LogP) is 2.87. The summed E-state index contributed by atoms with van der Waals surface area (Å²) >= 11 is 0. The van der Waals surface area contributed by atoms with Crippen LogP contribution in [0, 0.1) is 5.92 Å². The van der Waals surface area contributed by atoms with Crippen molar-refractivity contribution in [1.29, 1.82) is 0 Å². The van der Waals surface area contributed by atoms with Gasteiger partial charge in [0, 0.05) is 25.2 Å². The fourth-order valence-electron chi connectivity index (χ4n) is 2.68. The fourth-order valence-corrected chi connectivity index (χ4v) is 2.68. The van der Waals surface area contributed by atoms with Crippen LogP contribution in [0.1, 0.15) is 11.5 Å². The van der Waals surface area contributed by atoms with Gasteiger partial charge in [0.15, 0.2) is 0 Å². The molecule has 2 atom stereocenters. The number of hydrogen-bond acceptors (Lipinski definition) is 3. The van der Waals surface area contributed by atoms with Crippen LogP contribution in [-0.4, -0.2) is 24.0 Å². The molecular formula is C16H19Cl2N3O. The lowest BCUT2D eigenvalue weighted by Crippen LogP contribution is -2.28. The first-order valence-corrected chi connectivity index (χ1v) is 6.81. The molecular weight excluding hydrogens is 321 g/mol. The van der Waals surface area contributed by atoms with Crippen molar-refractivity contribution in [2.24, 2.45) is 5.92 Å². The Bertz CT molecular complexity index is 580. The summed E-state index contributed by atoms with van der Waals surface area (Å²) in [7, 11) is 0. The Labute approximate surface area is 142 Å². The third kappa shape index (κ3) is 4.19. The van der Waals surface area contributed by atoms with E-state index in [9.17, 15) is 4.79 Å². The lowest BCUT2D eigenvalue weighted by atomic mass is 9.88. The second-order valence-corrected chi connectivity index (χ2v) is 5.01. The van der Waals surface area contributed by atoms with E-state index in [0.717, 1.165) is 12.2 Å². The fraction of sp³-hybridized carbons (Fsp3) is 0.250. The third-order valence-corrected chi connectivity index (χ3v) is 3.71. The third-order valence-electron chi connectivity index (χ3n) is 3.71. The number of carbonyl (C=O) groups is 1. The highest BCUT2D eigenvalue weighted by atomic mass is 35.5. The summed E-state index contributed by atoms with van der Waals surface area (Å²) in [6.45, 7) is 1.56. The molecule has 0 bridgehead atoms. The van der Waals surface area contributed by atoms with Crippen molar-refractivity contribution < 1.29 is 4.79 Å². The van der Waals surface area contributed by atoms with Crippen molar-refractivity contribution >= 4 is 36.4 Å². The molecule has 22 heavy (non-hydrogen) atoms. The Balaban J connectivity index is 0.00000121. The largest absolute Gasteiger partial charge is 0.324 e. The number of carbonyl (C=O) groups excluding carboxylic acids is 1. The molecule has 0 unspecified atom stereocenters. The molecule has 1 amide bonds. The van der Waals surface area contributed by atoms with E-state index >= 15 is 0 Å². The van der Waals surface area contributed by atoms with Crippen LogP contribution in [0.2, 0.25) is 0 Å². The maximum absolute atomic E-state index is 12.4. The molecule has 3 rings (SSSR count). The maximum atomic E-state index is 12.4. The number of anilines is 1. The van der Waals surface area contributed by atoms with E-state index < -0.39 is 0 Å². The quantitative estimate of drug-likeness (QED) is 0.903. The number of hydrogen-bond donors (Lipinski definition) is 2. The van der Waals surface area contributed by atoms with Gasteiger partial charge in [-0.05, 0) is 17.7 Å². The second-order valence-electron chi connectivity index (χ2n) is 5.01. The first kappa shape index (κ1) is 18.4. The summed E-state index contributed by atoms with van der Waals surface area (Å²) in [5.41, 5.74) is 1.96. The summed E-state index contributed by atoms with van der Waals surface area (Å²) in [6, 6.07) is 13.9. The van der Waals surface area contributed by atoms with Crippen LogP contribution < -0.4 is 10.6 Å². The van der Waals surface area contributed by atoms with Crippen molar-refractivity contribution in [3.63, 3.8) is 0 Å². The minimum atomic E-state index is -0.0439. The number of pyridine rings is 1. The van der Waals surface area contributed by atoms with Gasteiger partial charge < -0.3 is 10.6 Å². The monoisotopic (exact) mass is 339 g/mol. The van der Waals surface area contributed by atoms with Crippen molar-refractivity contribution in [3.05, 3.63) is 60.4 Å². The van der Waals surface area contributed by atoms with Crippen LogP contribution in [0.4, 0.5) is 5.69 Å². The minimum absolute atomic E-state index is 0. The van der Waals surface area contributed by atoms with E-state index in [4.69, 9.17) is 0 Å². The first-order chi connectivity index (χ1) is 9.84. The van der Waals surface area contributed by atoms with Crippen LogP contribution in [0.15, 0.2) is 54.9 Å². The SMILES string of the molecule is Cl.Cl.O=C(Nc1cccnc1)[C@H]1CNC[C@@H]1c1ccccc1. The van der Waals surface area contributed by atoms with Crippen LogP contribution in [-0.2, 0) is 4.79 Å². The van der Waals surface area contributed by atoms with E-state index in [1.165, 1.54) is 5.56 Å². The minimum Gasteiger partial charge on any atom is -0.324 e. The van der Waals surface area contributed by atoms with E-state index in [2.05, 4.69) is 27.8 Å². The molecule has 1 aliphatic heterocycles. The molecule has 0 aliphatic carbocycles. The molecule has 2 aromatic rings. The van der Waals surface area contributed by atoms with Crippen LogP contribution in [0.25, 0.3) is 0 Å². The van der Waals surface area contributed by atoms with Gasteiger partial charge in [0.25, 0.3) is 0 Å². The average molecular weight is 340 g/mol. The Morgan fingerprint density at radius 1 is 1.09 bits per heavy atom. The molecule has 6 heteroatoms. The molecule has 0 spiro atoms. The molecule has 0 radical (unpaired) electrons. The van der Waals surface area contributed by atoms with Gasteiger partial charge in [0.1, 0.15) is 0 Å². The van der Waals surface area contributed by atoms with Crippen molar-refractivity contribution in [2.75, 3.05) is 18.4 Å². The number of aromatic nitrogens is 1. The van der Waals surface area contributed by atoms with Gasteiger partial charge in [-0.2, -0.15) is 0 Å². The number of halogens is 2. The zero-order chi connectivity index (χ0) is 13.8. The van der Waals surface area contributed by atoms with Crippen LogP contribution in [0.5, 0.6) is 0 Å². The van der Waals surface area contributed by atoms with E-state index in [1.807, 2.05) is 30.3 Å². The molecule has 1 saturated heterocycles. The number of benzene rings is 1. The van der Waals surface area contributed by atoms with Gasteiger partial charge in [-0.15, -0.1) is 24.8 Å². The molecule has 1 aromatic heterocycles. The van der Waals surface area contributed by atoms with Gasteiger partial charge in [-0.3, -0.25) is 9.78 Å². The normalized spacial score (nSPS) is 19.6. The van der Waals surface area contributed by atoms with Gasteiger partial charge in [0.05, 0.1) is 17.8 Å². The lowest BCUT2D eigenvalue weighted by molar-refractivity contribution is -0.119. The highest BCUT2D eigenvalue weighted by molar-refractivity contribution is 5.93. The highest BCUT2D eigenvalue weighted by Crippen LogP contribution is 2.28. The summed E-state index contributed by atoms with van der Waals surface area (Å²) in [5, 5.41) is 6.25. The van der Waals surface area contributed by atoms with Crippen molar-refractivity contribution in [1.82, 2.24) is 10.3 Å². The second kappa shape index (κ2) is 8.73. The summed E-state index contributed by atoms with van der Waals surface area (Å²) < 4.78 is 0. The number of nitrogens with one attached hydrogen (secondary N) is 2. The Kier molecular flexibility index (Phi) is 7.32. The molecule has 118 valence electrons. The first-order valence-electron chi connectivity index (χ1n) is 6.81. The molecule has 2 N–H and O–H groups in total. The molecule has 1 aliphatic rings. The molecule has 1 fully saturated rings. The lowest BCUT2D eigenvalue weighted by Gasteiger charge is -2.18. The van der Waals surface area contributed by atoms with Gasteiger partial charge in [0.2, 0.25) is 5.91 Å². The van der Waals surface area contributed by atoms with E-state index in [0.29, 0.717) is 6.54 Å². The van der Waals surface area contributed by atoms with E-state index in [1.54, 1.807) is 12.4 Å². The Hall–Kier alpha value is -1.62. The number of rotatable bonds is 3. The summed E-state index contributed by atoms with van der Waals surface area (Å²) in [4.78, 5) is 16.4. The molecule has 2 heterocycles. The number of nitrogens with zero attached hydrogens (tertiary/aromatic N) is 1. The highest BCUT2D eigenvalue weighted by Gasteiger charge is 2.33. The Morgan fingerprint density at radius 2 is 1.86 bits per heavy atom. The van der Waals surface area contributed by atoms with Gasteiger partial charge in [-0.1, -0.05) is 30.3 Å². The van der Waals surface area contributed by atoms with Crippen molar-refractivity contribution in [2.45, 2.75) is 5.92 Å². The van der Waals surface area contributed by atoms with Crippen LogP contribution >= 0.6 is 24.8 Å². The Morgan fingerprint density at radius 3 is 2.55 bits per heavy atom. The molecule has 4 nitrogen and oxygen atoms in total. The smallest absolute Gasteiger partial charge is 0.229 e.